The molecule has 2 heteroatoms. The van der Waals surface area contributed by atoms with E-state index in [1.807, 2.05) is 0 Å². The molecular formula is C10H16O2. The average Bonchev–Trinajstić information content (AvgIpc) is 2.62. The molecule has 2 nitrogen and oxygen atoms in total. The van der Waals surface area contributed by atoms with E-state index in [1.165, 1.54) is 26.4 Å². The Morgan fingerprint density at radius 3 is 2.67 bits per heavy atom. The van der Waals surface area contributed by atoms with Crippen LogP contribution in [-0.4, -0.2) is 13.1 Å². The van der Waals surface area contributed by atoms with E-state index in [9.17, 15) is 4.79 Å². The number of hydrogen-bond acceptors (Lipinski definition) is 2. The molecule has 12 heavy (non-hydrogen) atoms. The fourth-order valence-electron chi connectivity index (χ4n) is 3.09. The molecule has 0 saturated heterocycles. The van der Waals surface area contributed by atoms with Gasteiger partial charge in [0.1, 0.15) is 0 Å². The van der Waals surface area contributed by atoms with Gasteiger partial charge in [0.25, 0.3) is 0 Å². The van der Waals surface area contributed by atoms with Crippen LogP contribution in [0.15, 0.2) is 0 Å². The second-order valence-corrected chi connectivity index (χ2v) is 4.49. The lowest BCUT2D eigenvalue weighted by molar-refractivity contribution is -0.154. The summed E-state index contributed by atoms with van der Waals surface area (Å²) in [4.78, 5) is 11.5. The van der Waals surface area contributed by atoms with Crippen molar-refractivity contribution >= 4 is 5.97 Å². The molecule has 0 aliphatic heterocycles. The molecule has 0 radical (unpaired) electrons. The zero-order valence-electron chi connectivity index (χ0n) is 7.80. The number of carbonyl (C=O) groups is 1. The minimum Gasteiger partial charge on any atom is -0.469 e. The number of rotatable bonds is 1. The van der Waals surface area contributed by atoms with Gasteiger partial charge in [-0.05, 0) is 38.0 Å². The summed E-state index contributed by atoms with van der Waals surface area (Å²) < 4.78 is 4.85. The van der Waals surface area contributed by atoms with Gasteiger partial charge in [0.05, 0.1) is 12.5 Å². The zero-order valence-corrected chi connectivity index (χ0v) is 7.80. The van der Waals surface area contributed by atoms with Crippen molar-refractivity contribution in [2.24, 2.45) is 17.3 Å². The summed E-state index contributed by atoms with van der Waals surface area (Å²) in [5.41, 5.74) is -0.141. The van der Waals surface area contributed by atoms with Crippen molar-refractivity contribution in [2.45, 2.75) is 32.6 Å². The Morgan fingerprint density at radius 1 is 1.50 bits per heavy atom. The van der Waals surface area contributed by atoms with Gasteiger partial charge in [0.2, 0.25) is 0 Å². The predicted molar refractivity (Wildman–Crippen MR) is 45.6 cm³/mol. The van der Waals surface area contributed by atoms with Gasteiger partial charge >= 0.3 is 5.97 Å². The molecule has 2 rings (SSSR count). The van der Waals surface area contributed by atoms with E-state index >= 15 is 0 Å². The molecule has 0 unspecified atom stereocenters. The number of esters is 1. The molecule has 0 aromatic heterocycles. The molecular weight excluding hydrogens is 152 g/mol. The average molecular weight is 168 g/mol. The zero-order chi connectivity index (χ0) is 8.77. The van der Waals surface area contributed by atoms with Crippen LogP contribution < -0.4 is 0 Å². The third-order valence-corrected chi connectivity index (χ3v) is 3.81. The van der Waals surface area contributed by atoms with Crippen LogP contribution in [0.1, 0.15) is 32.6 Å². The standard InChI is InChI=1S/C10H16O2/c1-10(9(11)12-2)6-7-3-4-8(10)5-7/h7-8H,3-6H2,1-2H3/t7-,8+,10-/m1/s1. The van der Waals surface area contributed by atoms with Gasteiger partial charge in [0, 0.05) is 0 Å². The van der Waals surface area contributed by atoms with Crippen molar-refractivity contribution in [1.29, 1.82) is 0 Å². The van der Waals surface area contributed by atoms with Gasteiger partial charge < -0.3 is 4.74 Å². The molecule has 0 aromatic carbocycles. The lowest BCUT2D eigenvalue weighted by Gasteiger charge is -2.30. The topological polar surface area (TPSA) is 26.3 Å². The maximum Gasteiger partial charge on any atom is 0.311 e. The smallest absolute Gasteiger partial charge is 0.311 e. The van der Waals surface area contributed by atoms with Gasteiger partial charge in [-0.15, -0.1) is 0 Å². The summed E-state index contributed by atoms with van der Waals surface area (Å²) >= 11 is 0. The fourth-order valence-corrected chi connectivity index (χ4v) is 3.09. The van der Waals surface area contributed by atoms with Crippen LogP contribution in [-0.2, 0) is 9.53 Å². The van der Waals surface area contributed by atoms with Gasteiger partial charge in [-0.1, -0.05) is 6.42 Å². The van der Waals surface area contributed by atoms with Crippen LogP contribution in [0.4, 0.5) is 0 Å². The number of fused-ring (bicyclic) bond motifs is 2. The van der Waals surface area contributed by atoms with Crippen LogP contribution in [0, 0.1) is 17.3 Å². The summed E-state index contributed by atoms with van der Waals surface area (Å²) in [6, 6.07) is 0. The number of hydrogen-bond donors (Lipinski definition) is 0. The quantitative estimate of drug-likeness (QED) is 0.560. The molecule has 2 aliphatic rings. The Bertz CT molecular complexity index is 212. The molecule has 2 fully saturated rings. The maximum atomic E-state index is 11.5. The van der Waals surface area contributed by atoms with E-state index in [0.717, 1.165) is 12.3 Å². The second kappa shape index (κ2) is 2.48. The Kier molecular flexibility index (Phi) is 1.67. The molecule has 3 atom stereocenters. The molecule has 2 bridgehead atoms. The third-order valence-electron chi connectivity index (χ3n) is 3.81. The summed E-state index contributed by atoms with van der Waals surface area (Å²) in [6.07, 6.45) is 4.88. The summed E-state index contributed by atoms with van der Waals surface area (Å²) in [6.45, 7) is 2.07. The van der Waals surface area contributed by atoms with Gasteiger partial charge in [0.15, 0.2) is 0 Å². The number of carbonyl (C=O) groups excluding carboxylic acids is 1. The maximum absolute atomic E-state index is 11.5. The van der Waals surface area contributed by atoms with E-state index in [1.54, 1.807) is 0 Å². The molecule has 0 spiro atoms. The van der Waals surface area contributed by atoms with E-state index < -0.39 is 0 Å². The van der Waals surface area contributed by atoms with Crippen LogP contribution in [0.3, 0.4) is 0 Å². The highest BCUT2D eigenvalue weighted by molar-refractivity contribution is 5.77. The first-order valence-corrected chi connectivity index (χ1v) is 4.75. The summed E-state index contributed by atoms with van der Waals surface area (Å²) in [5.74, 6) is 1.42. The first kappa shape index (κ1) is 8.09. The number of methoxy groups -OCH3 is 1. The largest absolute Gasteiger partial charge is 0.469 e. The molecule has 2 aliphatic carbocycles. The Labute approximate surface area is 73.3 Å². The van der Waals surface area contributed by atoms with Crippen molar-refractivity contribution in [3.8, 4) is 0 Å². The molecule has 0 N–H and O–H groups in total. The van der Waals surface area contributed by atoms with E-state index in [4.69, 9.17) is 4.74 Å². The van der Waals surface area contributed by atoms with Crippen LogP contribution in [0.2, 0.25) is 0 Å². The first-order chi connectivity index (χ1) is 5.66. The Hall–Kier alpha value is -0.530. The molecule has 0 aromatic rings. The minimum absolute atomic E-state index is 0.00898. The van der Waals surface area contributed by atoms with E-state index in [0.29, 0.717) is 5.92 Å². The van der Waals surface area contributed by atoms with E-state index in [2.05, 4.69) is 6.92 Å². The highest BCUT2D eigenvalue weighted by Gasteiger charge is 2.52. The molecule has 2 saturated carbocycles. The lowest BCUT2D eigenvalue weighted by Crippen LogP contribution is -2.34. The first-order valence-electron chi connectivity index (χ1n) is 4.75. The highest BCUT2D eigenvalue weighted by atomic mass is 16.5. The van der Waals surface area contributed by atoms with Crippen molar-refractivity contribution in [3.63, 3.8) is 0 Å². The second-order valence-electron chi connectivity index (χ2n) is 4.49. The molecule has 68 valence electrons. The minimum atomic E-state index is -0.141. The normalized spacial score (nSPS) is 44.8. The van der Waals surface area contributed by atoms with Gasteiger partial charge in [-0.3, -0.25) is 4.79 Å². The van der Waals surface area contributed by atoms with Crippen molar-refractivity contribution in [3.05, 3.63) is 0 Å². The third kappa shape index (κ3) is 0.900. The highest BCUT2D eigenvalue weighted by Crippen LogP contribution is 2.56. The Balaban J connectivity index is 2.17. The van der Waals surface area contributed by atoms with Crippen LogP contribution in [0.25, 0.3) is 0 Å². The van der Waals surface area contributed by atoms with Gasteiger partial charge in [-0.25, -0.2) is 0 Å². The summed E-state index contributed by atoms with van der Waals surface area (Å²) in [5, 5.41) is 0. The van der Waals surface area contributed by atoms with Crippen LogP contribution >= 0.6 is 0 Å². The fraction of sp³-hybridized carbons (Fsp3) is 0.900. The monoisotopic (exact) mass is 168 g/mol. The summed E-state index contributed by atoms with van der Waals surface area (Å²) in [7, 11) is 1.50. The molecule has 0 amide bonds. The lowest BCUT2D eigenvalue weighted by atomic mass is 9.75. The predicted octanol–water partition coefficient (Wildman–Crippen LogP) is 1.99. The number of ether oxygens (including phenoxy) is 1. The van der Waals surface area contributed by atoms with Crippen molar-refractivity contribution in [2.75, 3.05) is 7.11 Å². The van der Waals surface area contributed by atoms with Crippen molar-refractivity contribution in [1.82, 2.24) is 0 Å². The van der Waals surface area contributed by atoms with Crippen molar-refractivity contribution < 1.29 is 9.53 Å². The Morgan fingerprint density at radius 2 is 2.25 bits per heavy atom. The van der Waals surface area contributed by atoms with Gasteiger partial charge in [-0.2, -0.15) is 0 Å². The molecule has 0 heterocycles. The SMILES string of the molecule is COC(=O)[C@]1(C)C[C@@H]2CC[C@H]1C2. The van der Waals surface area contributed by atoms with Crippen LogP contribution in [0.5, 0.6) is 0 Å². The van der Waals surface area contributed by atoms with E-state index in [-0.39, 0.29) is 11.4 Å².